The summed E-state index contributed by atoms with van der Waals surface area (Å²) >= 11 is 0. The molecule has 1 spiro atoms. The van der Waals surface area contributed by atoms with Gasteiger partial charge in [-0.15, -0.1) is 0 Å². The molecule has 3 aromatic carbocycles. The lowest BCUT2D eigenvalue weighted by Crippen LogP contribution is -2.60. The van der Waals surface area contributed by atoms with Crippen molar-refractivity contribution in [2.24, 2.45) is 11.1 Å². The molecule has 1 aliphatic carbocycles. The van der Waals surface area contributed by atoms with Gasteiger partial charge in [-0.2, -0.15) is 0 Å². The minimum atomic E-state index is -2.54. The maximum atomic E-state index is 11.5. The van der Waals surface area contributed by atoms with E-state index in [0.29, 0.717) is 34.6 Å². The standard InChI is InChI=1S/C39H48N4O3/c1-26(2)32-7-5-6-8-33(32)35-25-41(24-29-11-14-36(45-4)37-34(29)21-27(3)46-37)19-20-43(35)31-22-39(23-31)15-17-42(18-16-39)30-12-9-28(10-13-30)38(40)44/h5-14,21,26,31,35H,15-20,22-25H2,1-4H3,(H2,40,44)/t35-/m0/s1/i4D3. The van der Waals surface area contributed by atoms with Gasteiger partial charge in [0.15, 0.2) is 11.3 Å². The van der Waals surface area contributed by atoms with Gasteiger partial charge in [0, 0.05) is 68.0 Å². The van der Waals surface area contributed by atoms with Crippen LogP contribution in [0.4, 0.5) is 5.69 Å². The zero-order valence-corrected chi connectivity index (χ0v) is 27.3. The molecular weight excluding hydrogens is 572 g/mol. The quantitative estimate of drug-likeness (QED) is 0.222. The molecule has 0 unspecified atom stereocenters. The topological polar surface area (TPSA) is 75.2 Å². The third-order valence-corrected chi connectivity index (χ3v) is 11.0. The molecule has 2 saturated heterocycles. The SMILES string of the molecule is [2H]C([2H])([2H])Oc1ccc(CN2CCN(C3CC4(CCN(c5ccc(C(N)=O)cc5)CC4)C3)[C@H](c3ccccc3C(C)C)C2)c2cc(C)oc12. The highest BCUT2D eigenvalue weighted by atomic mass is 16.5. The number of piperidine rings is 1. The molecule has 3 aliphatic rings. The van der Waals surface area contributed by atoms with E-state index in [1.807, 2.05) is 43.3 Å². The molecule has 242 valence electrons. The number of methoxy groups -OCH3 is 1. The van der Waals surface area contributed by atoms with Crippen molar-refractivity contribution in [3.05, 3.63) is 94.7 Å². The smallest absolute Gasteiger partial charge is 0.248 e. The van der Waals surface area contributed by atoms with Crippen molar-refractivity contribution in [3.63, 3.8) is 0 Å². The highest BCUT2D eigenvalue weighted by molar-refractivity contribution is 5.93. The van der Waals surface area contributed by atoms with E-state index in [9.17, 15) is 4.79 Å². The lowest BCUT2D eigenvalue weighted by molar-refractivity contribution is -0.0627. The highest BCUT2D eigenvalue weighted by Gasteiger charge is 2.50. The van der Waals surface area contributed by atoms with E-state index in [1.165, 1.54) is 42.5 Å². The van der Waals surface area contributed by atoms with Crippen molar-refractivity contribution >= 4 is 22.6 Å². The van der Waals surface area contributed by atoms with Crippen LogP contribution in [-0.2, 0) is 6.54 Å². The maximum Gasteiger partial charge on any atom is 0.248 e. The van der Waals surface area contributed by atoms with Crippen molar-refractivity contribution in [2.75, 3.05) is 44.7 Å². The number of hydrogen-bond donors (Lipinski definition) is 1. The fourth-order valence-corrected chi connectivity index (χ4v) is 8.45. The summed E-state index contributed by atoms with van der Waals surface area (Å²) < 4.78 is 34.1. The van der Waals surface area contributed by atoms with Crippen LogP contribution in [0.5, 0.6) is 5.75 Å². The summed E-state index contributed by atoms with van der Waals surface area (Å²) in [7, 11) is -2.54. The normalized spacial score (nSPS) is 22.0. The second-order valence-electron chi connectivity index (χ2n) is 14.2. The van der Waals surface area contributed by atoms with Gasteiger partial charge in [-0.05, 0) is 97.0 Å². The molecule has 3 fully saturated rings. The van der Waals surface area contributed by atoms with E-state index < -0.39 is 7.04 Å². The van der Waals surface area contributed by atoms with Crippen molar-refractivity contribution in [2.45, 2.75) is 71.0 Å². The van der Waals surface area contributed by atoms with Gasteiger partial charge in [-0.1, -0.05) is 44.2 Å². The molecule has 7 nitrogen and oxygen atoms in total. The molecule has 0 radical (unpaired) electrons. The number of primary amides is 1. The minimum absolute atomic E-state index is 0.256. The summed E-state index contributed by atoms with van der Waals surface area (Å²) in [6, 6.07) is 23.3. The first-order valence-corrected chi connectivity index (χ1v) is 16.8. The highest BCUT2D eigenvalue weighted by Crippen LogP contribution is 2.53. The zero-order chi connectivity index (χ0) is 34.5. The summed E-state index contributed by atoms with van der Waals surface area (Å²) in [4.78, 5) is 19.3. The van der Waals surface area contributed by atoms with Crippen LogP contribution >= 0.6 is 0 Å². The Morgan fingerprint density at radius 3 is 2.52 bits per heavy atom. The number of anilines is 1. The van der Waals surface area contributed by atoms with E-state index in [4.69, 9.17) is 19.0 Å². The van der Waals surface area contributed by atoms with Crippen LogP contribution < -0.4 is 15.4 Å². The van der Waals surface area contributed by atoms with Crippen LogP contribution in [0, 0.1) is 12.3 Å². The first-order valence-electron chi connectivity index (χ1n) is 18.3. The predicted molar refractivity (Wildman–Crippen MR) is 185 cm³/mol. The lowest BCUT2D eigenvalue weighted by Gasteiger charge is -2.58. The van der Waals surface area contributed by atoms with Crippen molar-refractivity contribution < 1.29 is 18.1 Å². The molecule has 1 aromatic heterocycles. The molecule has 7 heteroatoms. The Balaban J connectivity index is 1.07. The van der Waals surface area contributed by atoms with E-state index in [1.54, 1.807) is 6.07 Å². The second kappa shape index (κ2) is 12.4. The first-order chi connectivity index (χ1) is 23.4. The largest absolute Gasteiger partial charge is 0.493 e. The van der Waals surface area contributed by atoms with E-state index in [-0.39, 0.29) is 11.7 Å². The number of hydrogen-bond acceptors (Lipinski definition) is 6. The predicted octanol–water partition coefficient (Wildman–Crippen LogP) is 7.28. The van der Waals surface area contributed by atoms with Gasteiger partial charge in [-0.25, -0.2) is 0 Å². The van der Waals surface area contributed by atoms with Gasteiger partial charge in [-0.3, -0.25) is 14.6 Å². The molecule has 46 heavy (non-hydrogen) atoms. The first kappa shape index (κ1) is 27.3. The molecule has 0 bridgehead atoms. The molecule has 4 aromatic rings. The second-order valence-corrected chi connectivity index (χ2v) is 14.2. The third kappa shape index (κ3) is 5.80. The van der Waals surface area contributed by atoms with E-state index in [0.717, 1.165) is 56.0 Å². The number of rotatable bonds is 8. The van der Waals surface area contributed by atoms with Crippen molar-refractivity contribution in [1.82, 2.24) is 9.80 Å². The molecule has 3 heterocycles. The molecule has 1 amide bonds. The molecule has 1 atom stereocenters. The average Bonchev–Trinajstić information content (AvgIpc) is 3.46. The van der Waals surface area contributed by atoms with E-state index >= 15 is 0 Å². The van der Waals surface area contributed by atoms with Gasteiger partial charge < -0.3 is 19.8 Å². The van der Waals surface area contributed by atoms with Gasteiger partial charge in [0.25, 0.3) is 0 Å². The van der Waals surface area contributed by atoms with Crippen molar-refractivity contribution in [1.29, 1.82) is 0 Å². The van der Waals surface area contributed by atoms with Gasteiger partial charge >= 0.3 is 0 Å². The number of aryl methyl sites for hydroxylation is 1. The monoisotopic (exact) mass is 623 g/mol. The Morgan fingerprint density at radius 1 is 1.04 bits per heavy atom. The molecule has 2 N–H and O–H groups in total. The number of carbonyl (C=O) groups is 1. The molecule has 7 rings (SSSR count). The summed E-state index contributed by atoms with van der Waals surface area (Å²) in [5, 5.41) is 0.914. The number of furan rings is 1. The average molecular weight is 624 g/mol. The fourth-order valence-electron chi connectivity index (χ4n) is 8.45. The van der Waals surface area contributed by atoms with Gasteiger partial charge in [0.1, 0.15) is 5.76 Å². The number of carbonyl (C=O) groups excluding carboxylic acids is 1. The van der Waals surface area contributed by atoms with Crippen LogP contribution in [0.25, 0.3) is 11.0 Å². The van der Waals surface area contributed by atoms with Crippen LogP contribution in [0.15, 0.2) is 71.1 Å². The molecule has 1 saturated carbocycles. The Bertz CT molecular complexity index is 1800. The third-order valence-electron chi connectivity index (χ3n) is 11.0. The van der Waals surface area contributed by atoms with Crippen molar-refractivity contribution in [3.8, 4) is 5.75 Å². The summed E-state index contributed by atoms with van der Waals surface area (Å²) in [5.74, 6) is 1.03. The number of nitrogens with two attached hydrogens (primary N) is 1. The summed E-state index contributed by atoms with van der Waals surface area (Å²) in [6.45, 7) is 12.2. The molecular formula is C39H48N4O3. The van der Waals surface area contributed by atoms with E-state index in [2.05, 4.69) is 52.8 Å². The van der Waals surface area contributed by atoms with Crippen LogP contribution in [-0.4, -0.2) is 61.5 Å². The minimum Gasteiger partial charge on any atom is -0.493 e. The Kier molecular flexibility index (Phi) is 7.38. The summed E-state index contributed by atoms with van der Waals surface area (Å²) in [6.07, 6.45) is 4.86. The fraction of sp³-hybridized carbons (Fsp3) is 0.462. The maximum absolute atomic E-state index is 11.5. The van der Waals surface area contributed by atoms with Crippen LogP contribution in [0.3, 0.4) is 0 Å². The number of ether oxygens (including phenoxy) is 1. The number of fused-ring (bicyclic) bond motifs is 1. The Hall–Kier alpha value is -3.81. The van der Waals surface area contributed by atoms with Gasteiger partial charge in [0.2, 0.25) is 5.91 Å². The Labute approximate surface area is 277 Å². The number of nitrogens with zero attached hydrogens (tertiary/aromatic N) is 3. The summed E-state index contributed by atoms with van der Waals surface area (Å²) in [5.41, 5.74) is 12.0. The Morgan fingerprint density at radius 2 is 1.80 bits per heavy atom. The number of amides is 1. The lowest BCUT2D eigenvalue weighted by atomic mass is 9.59. The van der Waals surface area contributed by atoms with Crippen LogP contribution in [0.1, 0.15) is 88.4 Å². The zero-order valence-electron chi connectivity index (χ0n) is 30.3. The van der Waals surface area contributed by atoms with Crippen LogP contribution in [0.2, 0.25) is 0 Å². The number of piperazine rings is 1. The molecule has 2 aliphatic heterocycles. The van der Waals surface area contributed by atoms with Gasteiger partial charge in [0.05, 0.1) is 11.2 Å². The number of benzene rings is 3.